The van der Waals surface area contributed by atoms with Gasteiger partial charge in [-0.2, -0.15) is 0 Å². The van der Waals surface area contributed by atoms with Crippen molar-refractivity contribution in [1.82, 2.24) is 9.47 Å². The zero-order valence-electron chi connectivity index (χ0n) is 15.2. The molecule has 0 bridgehead atoms. The number of hydrogen-bond donors (Lipinski definition) is 0. The molecule has 0 aliphatic carbocycles. The minimum atomic E-state index is 0.319. The molecule has 2 nitrogen and oxygen atoms in total. The van der Waals surface area contributed by atoms with Gasteiger partial charge in [-0.3, -0.25) is 4.90 Å². The number of hydrogen-bond acceptors (Lipinski definition) is 1. The molecule has 0 N–H and O–H groups in total. The van der Waals surface area contributed by atoms with E-state index in [0.29, 0.717) is 6.04 Å². The summed E-state index contributed by atoms with van der Waals surface area (Å²) in [7, 11) is 0. The van der Waals surface area contributed by atoms with Crippen LogP contribution in [0.15, 0.2) is 66.9 Å². The second-order valence-electron chi connectivity index (χ2n) is 7.20. The molecule has 0 saturated carbocycles. The van der Waals surface area contributed by atoms with E-state index in [-0.39, 0.29) is 0 Å². The normalized spacial score (nSPS) is 17.9. The predicted molar refractivity (Wildman–Crippen MR) is 104 cm³/mol. The maximum absolute atomic E-state index is 2.64. The first-order chi connectivity index (χ1) is 12.2. The maximum atomic E-state index is 2.64. The minimum absolute atomic E-state index is 0.319. The Morgan fingerprint density at radius 3 is 2.48 bits per heavy atom. The fourth-order valence-corrected chi connectivity index (χ4v) is 3.99. The monoisotopic (exact) mass is 330 g/mol. The first-order valence-corrected chi connectivity index (χ1v) is 9.22. The molecule has 128 valence electrons. The molecule has 1 aromatic heterocycles. The van der Waals surface area contributed by atoms with Crippen molar-refractivity contribution in [1.29, 1.82) is 0 Å². The van der Waals surface area contributed by atoms with E-state index < -0.39 is 0 Å². The summed E-state index contributed by atoms with van der Waals surface area (Å²) in [5.41, 5.74) is 6.93. The number of aryl methyl sites for hydroxylation is 3. The average molecular weight is 330 g/mol. The van der Waals surface area contributed by atoms with E-state index in [9.17, 15) is 0 Å². The molecule has 2 aromatic carbocycles. The molecule has 25 heavy (non-hydrogen) atoms. The number of rotatable bonds is 3. The summed E-state index contributed by atoms with van der Waals surface area (Å²) in [6.45, 7) is 7.60. The van der Waals surface area contributed by atoms with Crippen LogP contribution in [0.4, 0.5) is 0 Å². The Kier molecular flexibility index (Phi) is 4.46. The Morgan fingerprint density at radius 1 is 0.880 bits per heavy atom. The molecule has 1 unspecified atom stereocenters. The van der Waals surface area contributed by atoms with E-state index in [1.54, 1.807) is 0 Å². The van der Waals surface area contributed by atoms with Gasteiger partial charge in [-0.15, -0.1) is 0 Å². The van der Waals surface area contributed by atoms with Gasteiger partial charge in [0.25, 0.3) is 0 Å². The Balaban J connectivity index is 1.75. The van der Waals surface area contributed by atoms with E-state index in [1.807, 2.05) is 0 Å². The summed E-state index contributed by atoms with van der Waals surface area (Å²) in [5, 5.41) is 0. The third-order valence-corrected chi connectivity index (χ3v) is 5.34. The lowest BCUT2D eigenvalue weighted by atomic mass is 9.96. The van der Waals surface area contributed by atoms with E-state index in [1.165, 1.54) is 34.4 Å². The minimum Gasteiger partial charge on any atom is -0.350 e. The maximum Gasteiger partial charge on any atom is 0.0761 e. The van der Waals surface area contributed by atoms with Gasteiger partial charge in [-0.25, -0.2) is 0 Å². The molecular formula is C23H26N2. The topological polar surface area (TPSA) is 8.17 Å². The highest BCUT2D eigenvalue weighted by Gasteiger charge is 2.28. The fraction of sp³-hybridized carbons (Fsp3) is 0.304. The second-order valence-corrected chi connectivity index (χ2v) is 7.20. The molecule has 0 fully saturated rings. The average Bonchev–Trinajstić information content (AvgIpc) is 3.00. The van der Waals surface area contributed by atoms with Gasteiger partial charge in [0.15, 0.2) is 0 Å². The summed E-state index contributed by atoms with van der Waals surface area (Å²) in [4.78, 5) is 2.64. The van der Waals surface area contributed by atoms with Crippen LogP contribution in [-0.2, 0) is 13.1 Å². The number of fused-ring (bicyclic) bond motifs is 1. The molecule has 4 rings (SSSR count). The molecular weight excluding hydrogens is 304 g/mol. The number of nitrogens with zero attached hydrogens (tertiary/aromatic N) is 2. The molecule has 0 saturated heterocycles. The van der Waals surface area contributed by atoms with Gasteiger partial charge in [0.1, 0.15) is 0 Å². The first kappa shape index (κ1) is 16.2. The number of benzene rings is 2. The molecule has 0 spiro atoms. The molecule has 2 heterocycles. The zero-order chi connectivity index (χ0) is 17.2. The number of aromatic nitrogens is 1. The fourth-order valence-electron chi connectivity index (χ4n) is 3.99. The van der Waals surface area contributed by atoms with Gasteiger partial charge in [0, 0.05) is 31.5 Å². The molecule has 1 aliphatic rings. The van der Waals surface area contributed by atoms with E-state index >= 15 is 0 Å². The van der Waals surface area contributed by atoms with Crippen LogP contribution in [0.25, 0.3) is 0 Å². The van der Waals surface area contributed by atoms with Gasteiger partial charge < -0.3 is 4.57 Å². The van der Waals surface area contributed by atoms with Crippen molar-refractivity contribution in [3.8, 4) is 0 Å². The molecule has 3 aromatic rings. The van der Waals surface area contributed by atoms with Crippen molar-refractivity contribution in [3.05, 3.63) is 94.8 Å². The van der Waals surface area contributed by atoms with Crippen LogP contribution in [-0.4, -0.2) is 16.0 Å². The Labute approximate surface area is 150 Å². The first-order valence-electron chi connectivity index (χ1n) is 9.22. The van der Waals surface area contributed by atoms with E-state index in [2.05, 4.69) is 90.2 Å². The van der Waals surface area contributed by atoms with Crippen molar-refractivity contribution >= 4 is 0 Å². The zero-order valence-corrected chi connectivity index (χ0v) is 15.2. The Morgan fingerprint density at radius 2 is 1.68 bits per heavy atom. The summed E-state index contributed by atoms with van der Waals surface area (Å²) < 4.78 is 2.44. The lowest BCUT2D eigenvalue weighted by Gasteiger charge is -2.31. The van der Waals surface area contributed by atoms with Gasteiger partial charge >= 0.3 is 0 Å². The van der Waals surface area contributed by atoms with Crippen LogP contribution in [0, 0.1) is 13.8 Å². The van der Waals surface area contributed by atoms with E-state index in [4.69, 9.17) is 0 Å². The Hall–Kier alpha value is -2.32. The highest BCUT2D eigenvalue weighted by molar-refractivity contribution is 5.36. The van der Waals surface area contributed by atoms with Crippen LogP contribution in [0.1, 0.15) is 40.4 Å². The molecule has 1 atom stereocenters. The van der Waals surface area contributed by atoms with E-state index in [0.717, 1.165) is 19.6 Å². The van der Waals surface area contributed by atoms with Crippen molar-refractivity contribution < 1.29 is 0 Å². The smallest absolute Gasteiger partial charge is 0.0761 e. The van der Waals surface area contributed by atoms with Gasteiger partial charge in [0.05, 0.1) is 6.04 Å². The highest BCUT2D eigenvalue weighted by atomic mass is 15.2. The van der Waals surface area contributed by atoms with Gasteiger partial charge in [0.2, 0.25) is 0 Å². The largest absolute Gasteiger partial charge is 0.350 e. The SMILES string of the molecule is Cc1ccc(CN2CCCn3cccc3C2c2ccccc2C)cc1. The van der Waals surface area contributed by atoms with Crippen LogP contribution in [0.5, 0.6) is 0 Å². The second kappa shape index (κ2) is 6.89. The molecule has 1 aliphatic heterocycles. The highest BCUT2D eigenvalue weighted by Crippen LogP contribution is 2.34. The van der Waals surface area contributed by atoms with Gasteiger partial charge in [-0.1, -0.05) is 54.1 Å². The quantitative estimate of drug-likeness (QED) is 0.648. The summed E-state index contributed by atoms with van der Waals surface area (Å²) >= 11 is 0. The predicted octanol–water partition coefficient (Wildman–Crippen LogP) is 5.10. The van der Waals surface area contributed by atoms with Crippen molar-refractivity contribution in [2.45, 2.75) is 39.4 Å². The Bertz CT molecular complexity index is 845. The summed E-state index contributed by atoms with van der Waals surface area (Å²) in [5.74, 6) is 0. The van der Waals surface area contributed by atoms with Crippen molar-refractivity contribution in [2.75, 3.05) is 6.54 Å². The van der Waals surface area contributed by atoms with Crippen LogP contribution >= 0.6 is 0 Å². The lowest BCUT2D eigenvalue weighted by Crippen LogP contribution is -2.30. The standard InChI is InChI=1S/C23H26N2/c1-18-10-12-20(13-11-18)17-25-16-6-15-24-14-5-9-22(24)23(25)21-8-4-3-7-19(21)2/h3-5,7-14,23H,6,15-17H2,1-2H3. The summed E-state index contributed by atoms with van der Waals surface area (Å²) in [6.07, 6.45) is 3.42. The van der Waals surface area contributed by atoms with Crippen LogP contribution in [0.2, 0.25) is 0 Å². The van der Waals surface area contributed by atoms with Crippen LogP contribution in [0.3, 0.4) is 0 Å². The third-order valence-electron chi connectivity index (χ3n) is 5.34. The van der Waals surface area contributed by atoms with Crippen LogP contribution < -0.4 is 0 Å². The van der Waals surface area contributed by atoms with Gasteiger partial charge in [-0.05, 0) is 49.1 Å². The molecule has 0 amide bonds. The van der Waals surface area contributed by atoms with Crippen molar-refractivity contribution in [2.24, 2.45) is 0 Å². The molecule has 0 radical (unpaired) electrons. The summed E-state index contributed by atoms with van der Waals surface area (Å²) in [6, 6.07) is 22.6. The van der Waals surface area contributed by atoms with Crippen molar-refractivity contribution in [3.63, 3.8) is 0 Å². The lowest BCUT2D eigenvalue weighted by molar-refractivity contribution is 0.220. The third kappa shape index (κ3) is 3.27. The molecule has 2 heteroatoms.